The summed E-state index contributed by atoms with van der Waals surface area (Å²) in [5.74, 6) is -0.0690. The lowest BCUT2D eigenvalue weighted by Crippen LogP contribution is -2.25. The number of aromatic nitrogens is 4. The van der Waals surface area contributed by atoms with Gasteiger partial charge < -0.3 is 5.11 Å². The number of carbonyl (C=O) groups is 1. The Balaban J connectivity index is 2.05. The Morgan fingerprint density at radius 2 is 2.11 bits per heavy atom. The van der Waals surface area contributed by atoms with Crippen LogP contribution in [0.25, 0.3) is 5.78 Å². The van der Waals surface area contributed by atoms with Gasteiger partial charge >= 0.3 is 5.97 Å². The molecular formula is C12H14N4O3. The molecule has 0 fully saturated rings. The van der Waals surface area contributed by atoms with Gasteiger partial charge in [-0.05, 0) is 25.7 Å². The third-order valence-electron chi connectivity index (χ3n) is 3.39. The molecule has 7 nitrogen and oxygen atoms in total. The molecule has 2 N–H and O–H groups in total. The molecule has 19 heavy (non-hydrogen) atoms. The minimum absolute atomic E-state index is 0.0196. The van der Waals surface area contributed by atoms with Crippen LogP contribution in [0.15, 0.2) is 4.79 Å². The highest BCUT2D eigenvalue weighted by Gasteiger charge is 2.18. The lowest BCUT2D eigenvalue weighted by Gasteiger charge is -2.12. The first-order valence-corrected chi connectivity index (χ1v) is 6.36. The van der Waals surface area contributed by atoms with E-state index in [0.717, 1.165) is 36.9 Å². The van der Waals surface area contributed by atoms with Gasteiger partial charge in [0.1, 0.15) is 5.82 Å². The molecule has 0 aromatic carbocycles. The second-order valence-electron chi connectivity index (χ2n) is 4.75. The maximum atomic E-state index is 12.3. The molecule has 1 aliphatic carbocycles. The van der Waals surface area contributed by atoms with E-state index in [4.69, 9.17) is 5.11 Å². The monoisotopic (exact) mass is 262 g/mol. The van der Waals surface area contributed by atoms with Crippen molar-refractivity contribution in [1.82, 2.24) is 19.6 Å². The zero-order valence-electron chi connectivity index (χ0n) is 10.3. The number of aromatic amines is 1. The molecule has 2 aromatic heterocycles. The maximum absolute atomic E-state index is 12.3. The number of fused-ring (bicyclic) bond motifs is 2. The standard InChI is InChI=1S/C12H14N4O3/c17-10(18)6-5-9-14-12-13-8-4-2-1-3-7(8)11(19)16(12)15-9/h1-6H2,(H,17,18)(H,13,14,15). The molecule has 0 aliphatic heterocycles. The number of aliphatic carboxylic acids is 1. The van der Waals surface area contributed by atoms with Crippen LogP contribution < -0.4 is 5.56 Å². The summed E-state index contributed by atoms with van der Waals surface area (Å²) in [5, 5.41) is 11.5. The summed E-state index contributed by atoms with van der Waals surface area (Å²) in [4.78, 5) is 31.4. The summed E-state index contributed by atoms with van der Waals surface area (Å²) in [5.41, 5.74) is 1.50. The third kappa shape index (κ3) is 2.11. The Bertz CT molecular complexity index is 701. The highest BCUT2D eigenvalue weighted by atomic mass is 16.4. The van der Waals surface area contributed by atoms with Crippen LogP contribution in [0, 0.1) is 0 Å². The predicted molar refractivity (Wildman–Crippen MR) is 66.2 cm³/mol. The van der Waals surface area contributed by atoms with E-state index in [0.29, 0.717) is 11.6 Å². The van der Waals surface area contributed by atoms with E-state index in [2.05, 4.69) is 15.1 Å². The molecule has 3 rings (SSSR count). The SMILES string of the molecule is O=C(O)CCc1nc2nc3c(c(=O)n2[nH]1)CCCC3. The zero-order valence-corrected chi connectivity index (χ0v) is 10.3. The van der Waals surface area contributed by atoms with E-state index in [9.17, 15) is 9.59 Å². The van der Waals surface area contributed by atoms with Gasteiger partial charge in [0.05, 0.1) is 12.1 Å². The molecule has 0 amide bonds. The van der Waals surface area contributed by atoms with Gasteiger partial charge in [-0.15, -0.1) is 0 Å². The Morgan fingerprint density at radius 1 is 1.32 bits per heavy atom. The summed E-state index contributed by atoms with van der Waals surface area (Å²) in [7, 11) is 0. The molecule has 2 heterocycles. The summed E-state index contributed by atoms with van der Waals surface area (Å²) < 4.78 is 1.32. The Kier molecular flexibility index (Phi) is 2.81. The minimum Gasteiger partial charge on any atom is -0.481 e. The molecule has 1 aliphatic rings. The van der Waals surface area contributed by atoms with Gasteiger partial charge in [-0.2, -0.15) is 9.50 Å². The highest BCUT2D eigenvalue weighted by molar-refractivity contribution is 5.66. The minimum atomic E-state index is -0.889. The van der Waals surface area contributed by atoms with E-state index in [1.54, 1.807) is 0 Å². The Labute approximate surface area is 108 Å². The van der Waals surface area contributed by atoms with Crippen LogP contribution in [-0.2, 0) is 24.1 Å². The van der Waals surface area contributed by atoms with Crippen molar-refractivity contribution in [2.24, 2.45) is 0 Å². The number of rotatable bonds is 3. The average molecular weight is 262 g/mol. The summed E-state index contributed by atoms with van der Waals surface area (Å²) in [6.07, 6.45) is 3.88. The first-order valence-electron chi connectivity index (χ1n) is 6.36. The number of aryl methyl sites for hydroxylation is 2. The maximum Gasteiger partial charge on any atom is 0.303 e. The summed E-state index contributed by atoms with van der Waals surface area (Å²) >= 11 is 0. The molecule has 100 valence electrons. The molecule has 0 unspecified atom stereocenters. The average Bonchev–Trinajstić information content (AvgIpc) is 2.80. The quantitative estimate of drug-likeness (QED) is 0.829. The van der Waals surface area contributed by atoms with Gasteiger partial charge in [0, 0.05) is 12.0 Å². The number of carboxylic acid groups (broad SMARTS) is 1. The summed E-state index contributed by atoms with van der Waals surface area (Å²) in [6, 6.07) is 0. The topological polar surface area (TPSA) is 100 Å². The number of carboxylic acids is 1. The van der Waals surface area contributed by atoms with Crippen LogP contribution in [0.5, 0.6) is 0 Å². The van der Waals surface area contributed by atoms with E-state index >= 15 is 0 Å². The third-order valence-corrected chi connectivity index (χ3v) is 3.39. The molecular weight excluding hydrogens is 248 g/mol. The van der Waals surface area contributed by atoms with Gasteiger partial charge in [-0.1, -0.05) is 0 Å². The van der Waals surface area contributed by atoms with E-state index < -0.39 is 5.97 Å². The molecule has 7 heteroatoms. The van der Waals surface area contributed by atoms with Crippen molar-refractivity contribution in [3.05, 3.63) is 27.4 Å². The second kappa shape index (κ2) is 4.49. The first-order chi connectivity index (χ1) is 9.15. The number of hydrogen-bond donors (Lipinski definition) is 2. The number of nitrogens with one attached hydrogen (secondary N) is 1. The van der Waals surface area contributed by atoms with Crippen LogP contribution in [0.1, 0.15) is 36.3 Å². The predicted octanol–water partition coefficient (Wildman–Crippen LogP) is 0.314. The van der Waals surface area contributed by atoms with Crippen LogP contribution >= 0.6 is 0 Å². The zero-order chi connectivity index (χ0) is 13.4. The Hall–Kier alpha value is -2.18. The van der Waals surface area contributed by atoms with E-state index in [-0.39, 0.29) is 18.4 Å². The van der Waals surface area contributed by atoms with Crippen molar-refractivity contribution in [2.45, 2.75) is 38.5 Å². The largest absolute Gasteiger partial charge is 0.481 e. The van der Waals surface area contributed by atoms with Gasteiger partial charge in [0.15, 0.2) is 0 Å². The summed E-state index contributed by atoms with van der Waals surface area (Å²) in [6.45, 7) is 0. The smallest absolute Gasteiger partial charge is 0.303 e. The number of H-pyrrole nitrogens is 1. The van der Waals surface area contributed by atoms with Crippen molar-refractivity contribution < 1.29 is 9.90 Å². The molecule has 0 bridgehead atoms. The molecule has 0 saturated carbocycles. The fourth-order valence-corrected chi connectivity index (χ4v) is 2.43. The molecule has 0 atom stereocenters. The van der Waals surface area contributed by atoms with Crippen LogP contribution in [0.2, 0.25) is 0 Å². The lowest BCUT2D eigenvalue weighted by atomic mass is 9.97. The highest BCUT2D eigenvalue weighted by Crippen LogP contribution is 2.16. The van der Waals surface area contributed by atoms with Crippen molar-refractivity contribution in [2.75, 3.05) is 0 Å². The molecule has 2 aromatic rings. The van der Waals surface area contributed by atoms with Crippen molar-refractivity contribution in [3.63, 3.8) is 0 Å². The number of nitrogens with zero attached hydrogens (tertiary/aromatic N) is 3. The molecule has 0 saturated heterocycles. The normalized spacial score (nSPS) is 14.5. The van der Waals surface area contributed by atoms with E-state index in [1.165, 1.54) is 4.52 Å². The Morgan fingerprint density at radius 3 is 2.89 bits per heavy atom. The van der Waals surface area contributed by atoms with Gasteiger partial charge in [0.25, 0.3) is 11.3 Å². The fraction of sp³-hybridized carbons (Fsp3) is 0.500. The van der Waals surface area contributed by atoms with Gasteiger partial charge in [-0.25, -0.2) is 4.98 Å². The van der Waals surface area contributed by atoms with Crippen molar-refractivity contribution in [3.8, 4) is 0 Å². The molecule has 0 spiro atoms. The fourth-order valence-electron chi connectivity index (χ4n) is 2.43. The van der Waals surface area contributed by atoms with Crippen LogP contribution in [-0.4, -0.2) is 30.7 Å². The van der Waals surface area contributed by atoms with Crippen molar-refractivity contribution in [1.29, 1.82) is 0 Å². The lowest BCUT2D eigenvalue weighted by molar-refractivity contribution is -0.137. The van der Waals surface area contributed by atoms with E-state index in [1.807, 2.05) is 0 Å². The first kappa shape index (κ1) is 11.9. The second-order valence-corrected chi connectivity index (χ2v) is 4.75. The van der Waals surface area contributed by atoms with Crippen LogP contribution in [0.3, 0.4) is 0 Å². The van der Waals surface area contributed by atoms with Gasteiger partial charge in [-0.3, -0.25) is 14.7 Å². The van der Waals surface area contributed by atoms with Crippen molar-refractivity contribution >= 4 is 11.7 Å². The molecule has 0 radical (unpaired) electrons. The van der Waals surface area contributed by atoms with Crippen LogP contribution in [0.4, 0.5) is 0 Å². The van der Waals surface area contributed by atoms with Gasteiger partial charge in [0.2, 0.25) is 0 Å². The number of hydrogen-bond acceptors (Lipinski definition) is 4.